The minimum Gasteiger partial charge on any atom is -0.395 e. The van der Waals surface area contributed by atoms with E-state index in [9.17, 15) is 13.5 Å². The molecule has 1 unspecified atom stereocenters. The number of rotatable bonds is 3. The van der Waals surface area contributed by atoms with Crippen LogP contribution in [0.4, 0.5) is 0 Å². The molecule has 1 aromatic rings. The summed E-state index contributed by atoms with van der Waals surface area (Å²) in [5.74, 6) is 0. The second kappa shape index (κ2) is 6.75. The van der Waals surface area contributed by atoms with Gasteiger partial charge in [-0.3, -0.25) is 0 Å². The highest BCUT2D eigenvalue weighted by Gasteiger charge is 2.32. The maximum Gasteiger partial charge on any atom is 0.243 e. The van der Waals surface area contributed by atoms with Gasteiger partial charge in [0.05, 0.1) is 22.1 Å². The fourth-order valence-corrected chi connectivity index (χ4v) is 4.53. The number of sulfonamides is 1. The molecule has 1 heterocycles. The van der Waals surface area contributed by atoms with Gasteiger partial charge in [0, 0.05) is 12.6 Å². The zero-order valence-corrected chi connectivity index (χ0v) is 13.1. The Hall–Kier alpha value is -1.13. The van der Waals surface area contributed by atoms with Crippen LogP contribution in [0.2, 0.25) is 5.02 Å². The van der Waals surface area contributed by atoms with E-state index in [1.54, 1.807) is 0 Å². The minimum atomic E-state index is -3.71. The summed E-state index contributed by atoms with van der Waals surface area (Å²) in [6.45, 7) is 0.203. The van der Waals surface area contributed by atoms with E-state index in [-0.39, 0.29) is 22.1 Å². The number of halogens is 1. The van der Waals surface area contributed by atoms with Gasteiger partial charge < -0.3 is 5.11 Å². The molecule has 2 rings (SSSR count). The molecule has 0 aromatic heterocycles. The fraction of sp³-hybridized carbons (Fsp3) is 0.500. The van der Waals surface area contributed by atoms with Gasteiger partial charge in [-0.15, -0.1) is 0 Å². The van der Waals surface area contributed by atoms with E-state index in [1.807, 2.05) is 6.07 Å². The van der Waals surface area contributed by atoms with E-state index in [4.69, 9.17) is 16.9 Å². The van der Waals surface area contributed by atoms with Crippen LogP contribution in [0, 0.1) is 11.3 Å². The molecule has 1 aliphatic rings. The first-order valence-electron chi connectivity index (χ1n) is 6.83. The number of nitrogens with zero attached hydrogens (tertiary/aromatic N) is 2. The van der Waals surface area contributed by atoms with Crippen molar-refractivity contribution in [3.63, 3.8) is 0 Å². The molecular formula is C14H17ClN2O3S. The van der Waals surface area contributed by atoms with Crippen molar-refractivity contribution in [3.8, 4) is 6.07 Å². The molecule has 1 N–H and O–H groups in total. The summed E-state index contributed by atoms with van der Waals surface area (Å²) in [6.07, 6.45) is 3.29. The van der Waals surface area contributed by atoms with Crippen LogP contribution in [0.3, 0.4) is 0 Å². The van der Waals surface area contributed by atoms with Gasteiger partial charge >= 0.3 is 0 Å². The summed E-state index contributed by atoms with van der Waals surface area (Å²) in [5.41, 5.74) is 0.241. The lowest BCUT2D eigenvalue weighted by atomic mass is 10.1. The molecule has 0 amide bonds. The summed E-state index contributed by atoms with van der Waals surface area (Å²) in [7, 11) is -3.71. The van der Waals surface area contributed by atoms with Gasteiger partial charge in [0.25, 0.3) is 0 Å². The first kappa shape index (κ1) is 16.2. The molecule has 21 heavy (non-hydrogen) atoms. The Morgan fingerprint density at radius 3 is 2.76 bits per heavy atom. The molecule has 0 spiro atoms. The number of benzene rings is 1. The van der Waals surface area contributed by atoms with Crippen LogP contribution < -0.4 is 0 Å². The highest BCUT2D eigenvalue weighted by Crippen LogP contribution is 2.27. The molecule has 7 heteroatoms. The minimum absolute atomic E-state index is 0.0619. The van der Waals surface area contributed by atoms with Gasteiger partial charge in [0.1, 0.15) is 6.07 Å². The molecule has 1 saturated heterocycles. The van der Waals surface area contributed by atoms with E-state index in [0.29, 0.717) is 13.0 Å². The van der Waals surface area contributed by atoms with Gasteiger partial charge in [-0.25, -0.2) is 8.42 Å². The van der Waals surface area contributed by atoms with E-state index in [2.05, 4.69) is 0 Å². The van der Waals surface area contributed by atoms with Crippen LogP contribution >= 0.6 is 11.6 Å². The predicted octanol–water partition coefficient (Wildman–Crippen LogP) is 2.14. The second-order valence-corrected chi connectivity index (χ2v) is 7.35. The maximum atomic E-state index is 12.7. The Labute approximate surface area is 129 Å². The largest absolute Gasteiger partial charge is 0.395 e. The molecule has 0 aliphatic carbocycles. The number of aliphatic hydroxyl groups excluding tert-OH is 1. The molecule has 1 fully saturated rings. The lowest BCUT2D eigenvalue weighted by Crippen LogP contribution is -2.42. The summed E-state index contributed by atoms with van der Waals surface area (Å²) >= 11 is 5.92. The van der Waals surface area contributed by atoms with Gasteiger partial charge in [-0.2, -0.15) is 9.57 Å². The van der Waals surface area contributed by atoms with E-state index in [0.717, 1.165) is 19.3 Å². The fourth-order valence-electron chi connectivity index (χ4n) is 2.53. The summed E-state index contributed by atoms with van der Waals surface area (Å²) in [6, 6.07) is 5.60. The Kier molecular flexibility index (Phi) is 5.22. The third-order valence-corrected chi connectivity index (χ3v) is 5.96. The zero-order valence-electron chi connectivity index (χ0n) is 11.5. The summed E-state index contributed by atoms with van der Waals surface area (Å²) in [4.78, 5) is 0.0619. The maximum absolute atomic E-state index is 12.7. The lowest BCUT2D eigenvalue weighted by molar-refractivity contribution is 0.186. The molecule has 114 valence electrons. The topological polar surface area (TPSA) is 81.4 Å². The average molecular weight is 329 g/mol. The summed E-state index contributed by atoms with van der Waals surface area (Å²) in [5, 5.41) is 18.4. The molecule has 0 bridgehead atoms. The molecule has 1 atom stereocenters. The zero-order chi connectivity index (χ0) is 15.5. The molecule has 1 aromatic carbocycles. The van der Waals surface area contributed by atoms with Crippen LogP contribution in [0.1, 0.15) is 31.2 Å². The molecular weight excluding hydrogens is 312 g/mol. The van der Waals surface area contributed by atoms with Crippen LogP contribution in [-0.4, -0.2) is 37.0 Å². The van der Waals surface area contributed by atoms with Crippen molar-refractivity contribution in [1.29, 1.82) is 5.26 Å². The number of nitriles is 1. The first-order chi connectivity index (χ1) is 10.0. The van der Waals surface area contributed by atoms with Crippen molar-refractivity contribution in [2.45, 2.75) is 36.6 Å². The van der Waals surface area contributed by atoms with E-state index >= 15 is 0 Å². The lowest BCUT2D eigenvalue weighted by Gasteiger charge is -2.27. The normalized spacial score (nSPS) is 20.7. The highest BCUT2D eigenvalue weighted by molar-refractivity contribution is 7.89. The quantitative estimate of drug-likeness (QED) is 0.921. The van der Waals surface area contributed by atoms with E-state index < -0.39 is 16.1 Å². The Bertz CT molecular complexity index is 655. The summed E-state index contributed by atoms with van der Waals surface area (Å²) < 4.78 is 26.8. The van der Waals surface area contributed by atoms with Crippen molar-refractivity contribution in [3.05, 3.63) is 28.8 Å². The number of hydrogen-bond donors (Lipinski definition) is 1. The van der Waals surface area contributed by atoms with Gasteiger partial charge in [-0.1, -0.05) is 24.4 Å². The predicted molar refractivity (Wildman–Crippen MR) is 79.4 cm³/mol. The van der Waals surface area contributed by atoms with Crippen LogP contribution in [0.15, 0.2) is 23.1 Å². The molecule has 0 saturated carbocycles. The highest BCUT2D eigenvalue weighted by atomic mass is 35.5. The molecule has 5 nitrogen and oxygen atoms in total. The van der Waals surface area contributed by atoms with Gasteiger partial charge in [0.15, 0.2) is 0 Å². The number of hydrogen-bond acceptors (Lipinski definition) is 4. The van der Waals surface area contributed by atoms with Gasteiger partial charge in [0.2, 0.25) is 10.0 Å². The Morgan fingerprint density at radius 1 is 1.38 bits per heavy atom. The SMILES string of the molecule is N#Cc1ccc(S(=O)(=O)N2CCCCCC2CO)cc1Cl. The van der Waals surface area contributed by atoms with Crippen molar-refractivity contribution in [2.75, 3.05) is 13.2 Å². The Morgan fingerprint density at radius 2 is 2.14 bits per heavy atom. The average Bonchev–Trinajstić information content (AvgIpc) is 2.72. The van der Waals surface area contributed by atoms with Crippen molar-refractivity contribution in [2.24, 2.45) is 0 Å². The monoisotopic (exact) mass is 328 g/mol. The first-order valence-corrected chi connectivity index (χ1v) is 8.65. The van der Waals surface area contributed by atoms with Crippen molar-refractivity contribution in [1.82, 2.24) is 4.31 Å². The van der Waals surface area contributed by atoms with Gasteiger partial charge in [-0.05, 0) is 31.0 Å². The molecule has 1 aliphatic heterocycles. The van der Waals surface area contributed by atoms with E-state index in [1.165, 1.54) is 22.5 Å². The standard InChI is InChI=1S/C14H17ClN2O3S/c15-14-8-13(6-5-11(14)9-16)21(19,20)17-7-3-1-2-4-12(17)10-18/h5-6,8,12,18H,1-4,7,10H2. The van der Waals surface area contributed by atoms with Crippen LogP contribution in [0.25, 0.3) is 0 Å². The van der Waals surface area contributed by atoms with Crippen LogP contribution in [-0.2, 0) is 10.0 Å². The smallest absolute Gasteiger partial charge is 0.243 e. The third kappa shape index (κ3) is 3.38. The Balaban J connectivity index is 2.40. The number of aliphatic hydroxyl groups is 1. The van der Waals surface area contributed by atoms with Crippen molar-refractivity contribution < 1.29 is 13.5 Å². The molecule has 0 radical (unpaired) electrons. The van der Waals surface area contributed by atoms with Crippen molar-refractivity contribution >= 4 is 21.6 Å². The van der Waals surface area contributed by atoms with Crippen LogP contribution in [0.5, 0.6) is 0 Å². The second-order valence-electron chi connectivity index (χ2n) is 5.05. The third-order valence-electron chi connectivity index (χ3n) is 3.70.